The molecule has 0 aliphatic heterocycles. The van der Waals surface area contributed by atoms with Crippen molar-refractivity contribution in [3.8, 4) is 0 Å². The monoisotopic (exact) mass is 395 g/mol. The van der Waals surface area contributed by atoms with E-state index in [1.807, 2.05) is 11.4 Å². The molecule has 9 heteroatoms. The number of thiophene rings is 1. The van der Waals surface area contributed by atoms with Gasteiger partial charge in [-0.2, -0.15) is 13.2 Å². The van der Waals surface area contributed by atoms with Gasteiger partial charge in [0.15, 0.2) is 0 Å². The number of hydrogen-bond donors (Lipinski definition) is 2. The fourth-order valence-electron chi connectivity index (χ4n) is 1.57. The van der Waals surface area contributed by atoms with Crippen LogP contribution in [0.4, 0.5) is 19.0 Å². The molecule has 0 spiro atoms. The topological polar surface area (TPSA) is 50.9 Å². The third-order valence-electron chi connectivity index (χ3n) is 2.56. The number of halogens is 4. The molecule has 0 bridgehead atoms. The Balaban J connectivity index is 2.31. The molecule has 2 aromatic rings. The first-order valence-corrected chi connectivity index (χ1v) is 7.71. The summed E-state index contributed by atoms with van der Waals surface area (Å²) in [5.74, 6) is 0.0256. The van der Waals surface area contributed by atoms with E-state index in [9.17, 15) is 13.2 Å². The van der Waals surface area contributed by atoms with Gasteiger partial charge in [0.2, 0.25) is 0 Å². The van der Waals surface area contributed by atoms with Crippen molar-refractivity contribution >= 4 is 50.3 Å². The number of hydrogen-bond acceptors (Lipinski definition) is 4. The highest BCUT2D eigenvalue weighted by Gasteiger charge is 2.33. The van der Waals surface area contributed by atoms with Gasteiger partial charge in [-0.05, 0) is 39.5 Å². The Hall–Kier alpha value is -1.19. The maximum Gasteiger partial charge on any atom is 0.433 e. The van der Waals surface area contributed by atoms with Crippen molar-refractivity contribution in [3.63, 3.8) is 0 Å². The second-order valence-corrected chi connectivity index (χ2v) is 6.29. The lowest BCUT2D eigenvalue weighted by atomic mass is 10.2. The molecular formula is C12H9BrF3N3S2. The van der Waals surface area contributed by atoms with Crippen LogP contribution in [0.2, 0.25) is 0 Å². The second kappa shape index (κ2) is 6.29. The van der Waals surface area contributed by atoms with Gasteiger partial charge in [-0.25, -0.2) is 4.98 Å². The number of nitrogens with one attached hydrogen (secondary N) is 1. The lowest BCUT2D eigenvalue weighted by Gasteiger charge is -2.13. The molecule has 0 amide bonds. The van der Waals surface area contributed by atoms with Gasteiger partial charge in [0.05, 0.1) is 12.1 Å². The molecule has 2 aromatic heterocycles. The van der Waals surface area contributed by atoms with Crippen LogP contribution in [0.15, 0.2) is 28.1 Å². The maximum absolute atomic E-state index is 12.7. The van der Waals surface area contributed by atoms with E-state index in [4.69, 9.17) is 18.0 Å². The predicted octanol–water partition coefficient (Wildman–Crippen LogP) is 4.17. The highest BCUT2D eigenvalue weighted by Crippen LogP contribution is 2.30. The van der Waals surface area contributed by atoms with Crippen LogP contribution in [0.5, 0.6) is 0 Å². The summed E-state index contributed by atoms with van der Waals surface area (Å²) in [6.07, 6.45) is -4.52. The molecule has 0 aliphatic carbocycles. The molecule has 0 fully saturated rings. The van der Waals surface area contributed by atoms with E-state index in [2.05, 4.69) is 26.2 Å². The van der Waals surface area contributed by atoms with Gasteiger partial charge in [-0.3, -0.25) is 0 Å². The molecular weight excluding hydrogens is 387 g/mol. The van der Waals surface area contributed by atoms with Gasteiger partial charge in [0.1, 0.15) is 16.5 Å². The Morgan fingerprint density at radius 3 is 2.62 bits per heavy atom. The number of aromatic nitrogens is 1. The maximum atomic E-state index is 12.7. The summed E-state index contributed by atoms with van der Waals surface area (Å²) in [6, 6.07) is 3.94. The van der Waals surface area contributed by atoms with Crippen LogP contribution >= 0.6 is 39.5 Å². The van der Waals surface area contributed by atoms with Crippen LogP contribution in [0.25, 0.3) is 0 Å². The van der Waals surface area contributed by atoms with Gasteiger partial charge >= 0.3 is 6.18 Å². The average molecular weight is 396 g/mol. The van der Waals surface area contributed by atoms with Crippen molar-refractivity contribution in [3.05, 3.63) is 44.2 Å². The Labute approximate surface area is 136 Å². The number of anilines is 1. The summed E-state index contributed by atoms with van der Waals surface area (Å²) >= 11 is 9.66. The number of rotatable bonds is 4. The minimum atomic E-state index is -4.52. The molecule has 112 valence electrons. The van der Waals surface area contributed by atoms with Crippen LogP contribution in [0, 0.1) is 0 Å². The van der Waals surface area contributed by atoms with Crippen molar-refractivity contribution in [2.24, 2.45) is 5.73 Å². The number of pyridine rings is 1. The van der Waals surface area contributed by atoms with Gasteiger partial charge in [0.25, 0.3) is 0 Å². The molecule has 0 atom stereocenters. The van der Waals surface area contributed by atoms with E-state index in [-0.39, 0.29) is 16.4 Å². The fourth-order valence-corrected chi connectivity index (χ4v) is 3.16. The smallest absolute Gasteiger partial charge is 0.389 e. The number of thiocarbonyl (C=S) groups is 1. The molecule has 0 saturated carbocycles. The zero-order chi connectivity index (χ0) is 15.6. The number of alkyl halides is 3. The Morgan fingerprint density at radius 1 is 1.38 bits per heavy atom. The normalized spacial score (nSPS) is 11.4. The first-order chi connectivity index (χ1) is 9.79. The Morgan fingerprint density at radius 2 is 2.10 bits per heavy atom. The van der Waals surface area contributed by atoms with Gasteiger partial charge in [-0.15, -0.1) is 11.3 Å². The van der Waals surface area contributed by atoms with Crippen LogP contribution in [0.3, 0.4) is 0 Å². The first-order valence-electron chi connectivity index (χ1n) is 5.63. The van der Waals surface area contributed by atoms with E-state index in [1.54, 1.807) is 0 Å². The summed E-state index contributed by atoms with van der Waals surface area (Å²) < 4.78 is 39.0. The van der Waals surface area contributed by atoms with E-state index < -0.39 is 11.9 Å². The van der Waals surface area contributed by atoms with Gasteiger partial charge < -0.3 is 11.1 Å². The third kappa shape index (κ3) is 3.92. The molecule has 0 radical (unpaired) electrons. The molecule has 2 heterocycles. The Bertz CT molecular complexity index is 670. The van der Waals surface area contributed by atoms with Crippen molar-refractivity contribution < 1.29 is 13.2 Å². The third-order valence-corrected chi connectivity index (χ3v) is 4.70. The quantitative estimate of drug-likeness (QED) is 0.762. The minimum Gasteiger partial charge on any atom is -0.389 e. The zero-order valence-electron chi connectivity index (χ0n) is 10.4. The molecule has 3 N–H and O–H groups in total. The standard InChI is InChI=1S/C12H9BrF3N3S2/c13-7-3-4-21-8(7)5-18-11-6(10(17)20)1-2-9(19-11)12(14,15)16/h1-4H,5H2,(H2,17,20)(H,18,19). The summed E-state index contributed by atoms with van der Waals surface area (Å²) in [5, 5.41) is 4.72. The summed E-state index contributed by atoms with van der Waals surface area (Å²) in [6.45, 7) is 0.322. The van der Waals surface area contributed by atoms with Crippen molar-refractivity contribution in [2.45, 2.75) is 12.7 Å². The van der Waals surface area contributed by atoms with E-state index in [1.165, 1.54) is 17.4 Å². The number of nitrogens with zero attached hydrogens (tertiary/aromatic N) is 1. The van der Waals surface area contributed by atoms with Crippen molar-refractivity contribution in [2.75, 3.05) is 5.32 Å². The fraction of sp³-hybridized carbons (Fsp3) is 0.167. The molecule has 0 aromatic carbocycles. The van der Waals surface area contributed by atoms with Crippen LogP contribution in [-0.4, -0.2) is 9.97 Å². The van der Waals surface area contributed by atoms with Crippen molar-refractivity contribution in [1.29, 1.82) is 0 Å². The van der Waals surface area contributed by atoms with E-state index in [0.717, 1.165) is 15.4 Å². The average Bonchev–Trinajstić information content (AvgIpc) is 2.80. The summed E-state index contributed by atoms with van der Waals surface area (Å²) in [5.41, 5.74) is 4.81. The second-order valence-electron chi connectivity index (χ2n) is 4.00. The molecule has 21 heavy (non-hydrogen) atoms. The lowest BCUT2D eigenvalue weighted by molar-refractivity contribution is -0.141. The van der Waals surface area contributed by atoms with E-state index in [0.29, 0.717) is 6.54 Å². The molecule has 0 saturated heterocycles. The molecule has 0 aliphatic rings. The van der Waals surface area contributed by atoms with Crippen LogP contribution in [-0.2, 0) is 12.7 Å². The lowest BCUT2D eigenvalue weighted by Crippen LogP contribution is -2.17. The molecule has 0 unspecified atom stereocenters. The highest BCUT2D eigenvalue weighted by molar-refractivity contribution is 9.10. The van der Waals surface area contributed by atoms with Crippen LogP contribution in [0.1, 0.15) is 16.1 Å². The highest BCUT2D eigenvalue weighted by atomic mass is 79.9. The molecule has 2 rings (SSSR count). The minimum absolute atomic E-state index is 0.0102. The van der Waals surface area contributed by atoms with Crippen LogP contribution < -0.4 is 11.1 Å². The predicted molar refractivity (Wildman–Crippen MR) is 84.5 cm³/mol. The largest absolute Gasteiger partial charge is 0.433 e. The molecule has 3 nitrogen and oxygen atoms in total. The van der Waals surface area contributed by atoms with E-state index >= 15 is 0 Å². The summed E-state index contributed by atoms with van der Waals surface area (Å²) in [7, 11) is 0. The SMILES string of the molecule is NC(=S)c1ccc(C(F)(F)F)nc1NCc1sccc1Br. The zero-order valence-corrected chi connectivity index (χ0v) is 13.6. The Kier molecular flexibility index (Phi) is 4.84. The summed E-state index contributed by atoms with van der Waals surface area (Å²) in [4.78, 5) is 4.50. The number of nitrogens with two attached hydrogens (primary N) is 1. The van der Waals surface area contributed by atoms with Gasteiger partial charge in [-0.1, -0.05) is 12.2 Å². The first kappa shape index (κ1) is 16.2. The van der Waals surface area contributed by atoms with Crippen molar-refractivity contribution in [1.82, 2.24) is 4.98 Å². The van der Waals surface area contributed by atoms with Gasteiger partial charge in [0, 0.05) is 9.35 Å².